The van der Waals surface area contributed by atoms with Crippen LogP contribution in [0.3, 0.4) is 0 Å². The third kappa shape index (κ3) is 6.56. The zero-order chi connectivity index (χ0) is 25.5. The van der Waals surface area contributed by atoms with Crippen LogP contribution in [0.2, 0.25) is 0 Å². The Morgan fingerprint density at radius 2 is 1.83 bits per heavy atom. The molecule has 192 valence electrons. The summed E-state index contributed by atoms with van der Waals surface area (Å²) in [7, 11) is 1.30. The van der Waals surface area contributed by atoms with Gasteiger partial charge in [-0.1, -0.05) is 19.3 Å². The number of esters is 1. The highest BCUT2D eigenvalue weighted by molar-refractivity contribution is 6.03. The van der Waals surface area contributed by atoms with E-state index in [0.29, 0.717) is 17.7 Å². The summed E-state index contributed by atoms with van der Waals surface area (Å²) in [6, 6.07) is 4.03. The third-order valence-electron chi connectivity index (χ3n) is 5.91. The Morgan fingerprint density at radius 3 is 2.47 bits per heavy atom. The summed E-state index contributed by atoms with van der Waals surface area (Å²) in [5.41, 5.74) is 6.20. The Kier molecular flexibility index (Phi) is 8.10. The number of methoxy groups -OCH3 is 1. The Labute approximate surface area is 207 Å². The molecule has 0 unspecified atom stereocenters. The van der Waals surface area contributed by atoms with Crippen molar-refractivity contribution >= 4 is 34.8 Å². The molecule has 0 saturated heterocycles. The van der Waals surface area contributed by atoms with Gasteiger partial charge in [-0.15, -0.1) is 5.10 Å². The van der Waals surface area contributed by atoms with E-state index in [2.05, 4.69) is 40.7 Å². The fourth-order valence-corrected chi connectivity index (χ4v) is 3.90. The van der Waals surface area contributed by atoms with Gasteiger partial charge in [0.15, 0.2) is 11.3 Å². The number of ether oxygens (including phenoxy) is 1. The lowest BCUT2D eigenvalue weighted by Gasteiger charge is -2.23. The molecule has 0 bridgehead atoms. The van der Waals surface area contributed by atoms with Gasteiger partial charge in [0.25, 0.3) is 11.5 Å². The van der Waals surface area contributed by atoms with E-state index in [9.17, 15) is 14.4 Å². The fraction of sp³-hybridized carbons (Fsp3) is 0.478. The van der Waals surface area contributed by atoms with Crippen molar-refractivity contribution in [2.75, 3.05) is 29.6 Å². The molecule has 0 atom stereocenters. The maximum Gasteiger partial charge on any atom is 0.319 e. The van der Waals surface area contributed by atoms with E-state index in [-0.39, 0.29) is 29.6 Å². The maximum absolute atomic E-state index is 12.8. The van der Waals surface area contributed by atoms with Crippen molar-refractivity contribution in [2.45, 2.75) is 57.0 Å². The summed E-state index contributed by atoms with van der Waals surface area (Å²) >= 11 is 0. The molecule has 0 radical (unpaired) electrons. The summed E-state index contributed by atoms with van der Waals surface area (Å²) in [5, 5.41) is 14.3. The average Bonchev–Trinajstić information content (AvgIpc) is 3.59. The molecule has 2 aliphatic carbocycles. The van der Waals surface area contributed by atoms with Crippen molar-refractivity contribution < 1.29 is 14.3 Å². The average molecular weight is 498 g/mol. The smallest absolute Gasteiger partial charge is 0.319 e. The van der Waals surface area contributed by atoms with Gasteiger partial charge in [-0.2, -0.15) is 0 Å². The molecule has 3 aromatic rings. The summed E-state index contributed by atoms with van der Waals surface area (Å²) in [6.07, 6.45) is 10.9. The number of hydrogen-bond donors (Lipinski definition) is 5. The molecule has 2 saturated carbocycles. The molecular weight excluding hydrogens is 466 g/mol. The Balaban J connectivity index is 0.000000455. The topological polar surface area (TPSA) is 181 Å². The minimum atomic E-state index is -0.430. The zero-order valence-corrected chi connectivity index (χ0v) is 20.1. The number of hydrogen-bond acceptors (Lipinski definition) is 10. The lowest BCUT2D eigenvalue weighted by Crippen LogP contribution is -2.24. The first-order valence-corrected chi connectivity index (χ1v) is 12.0. The molecule has 6 N–H and O–H groups in total. The van der Waals surface area contributed by atoms with Crippen LogP contribution in [0, 0.1) is 0 Å². The molecule has 36 heavy (non-hydrogen) atoms. The van der Waals surface area contributed by atoms with E-state index in [1.54, 1.807) is 4.52 Å². The van der Waals surface area contributed by atoms with Crippen LogP contribution in [-0.2, 0) is 9.53 Å². The van der Waals surface area contributed by atoms with Crippen molar-refractivity contribution in [1.29, 1.82) is 0 Å². The predicted molar refractivity (Wildman–Crippen MR) is 134 cm³/mol. The van der Waals surface area contributed by atoms with Crippen molar-refractivity contribution in [3.05, 3.63) is 40.7 Å². The quantitative estimate of drug-likeness (QED) is 0.300. The van der Waals surface area contributed by atoms with E-state index in [0.717, 1.165) is 37.2 Å². The molecule has 5 rings (SSSR count). The first kappa shape index (κ1) is 25.1. The van der Waals surface area contributed by atoms with Gasteiger partial charge >= 0.3 is 5.97 Å². The minimum Gasteiger partial charge on any atom is -0.468 e. The number of carbonyl (C=O) groups is 2. The number of amides is 1. The van der Waals surface area contributed by atoms with Crippen LogP contribution >= 0.6 is 0 Å². The van der Waals surface area contributed by atoms with Crippen molar-refractivity contribution in [2.24, 2.45) is 5.73 Å². The van der Waals surface area contributed by atoms with E-state index in [1.165, 1.54) is 45.0 Å². The number of nitrogens with one attached hydrogen (secondary N) is 4. The zero-order valence-electron chi connectivity index (χ0n) is 20.1. The molecule has 3 heterocycles. The summed E-state index contributed by atoms with van der Waals surface area (Å²) in [5.74, 6) is 0.0840. The number of imidazole rings is 1. The number of anilines is 3. The van der Waals surface area contributed by atoms with Crippen LogP contribution in [0.15, 0.2) is 29.5 Å². The van der Waals surface area contributed by atoms with Crippen molar-refractivity contribution in [1.82, 2.24) is 24.6 Å². The van der Waals surface area contributed by atoms with Gasteiger partial charge in [0.05, 0.1) is 31.9 Å². The van der Waals surface area contributed by atoms with Crippen LogP contribution in [0.5, 0.6) is 0 Å². The Hall–Kier alpha value is -4.00. The second kappa shape index (κ2) is 11.6. The molecule has 2 aliphatic rings. The van der Waals surface area contributed by atoms with Crippen LogP contribution in [0.1, 0.15) is 55.4 Å². The lowest BCUT2D eigenvalue weighted by molar-refractivity contribution is -0.138. The molecule has 0 spiro atoms. The van der Waals surface area contributed by atoms with Gasteiger partial charge in [0.1, 0.15) is 11.6 Å². The summed E-state index contributed by atoms with van der Waals surface area (Å²) in [4.78, 5) is 45.0. The van der Waals surface area contributed by atoms with Crippen LogP contribution in [0.4, 0.5) is 17.3 Å². The van der Waals surface area contributed by atoms with Gasteiger partial charge in [-0.05, 0) is 25.7 Å². The molecule has 2 fully saturated rings. The first-order valence-electron chi connectivity index (χ1n) is 12.0. The number of nitrogens with two attached hydrogens (primary N) is 1. The highest BCUT2D eigenvalue weighted by Gasteiger charge is 2.25. The maximum atomic E-state index is 12.8. The molecule has 0 aromatic carbocycles. The third-order valence-corrected chi connectivity index (χ3v) is 5.91. The van der Waals surface area contributed by atoms with E-state index in [1.807, 2.05) is 6.07 Å². The van der Waals surface area contributed by atoms with Crippen molar-refractivity contribution in [3.63, 3.8) is 0 Å². The number of H-pyrrole nitrogens is 1. The Morgan fingerprint density at radius 1 is 1.08 bits per heavy atom. The fourth-order valence-electron chi connectivity index (χ4n) is 3.90. The molecule has 13 heteroatoms. The summed E-state index contributed by atoms with van der Waals surface area (Å²) in [6.45, 7) is -0.0312. The Bertz CT molecular complexity index is 1260. The molecular formula is C23H31N9O4. The van der Waals surface area contributed by atoms with Crippen LogP contribution in [-0.4, -0.2) is 62.2 Å². The van der Waals surface area contributed by atoms with Crippen LogP contribution < -0.4 is 27.2 Å². The van der Waals surface area contributed by atoms with Gasteiger partial charge in [-0.25, -0.2) is 14.5 Å². The standard InChI is InChI=1S/C20H24N8O2.C3H7NO2/c29-18-9-16(22-11-23-18)26-20(30)15-10-21-19-14(24-13-6-7-13)8-17(27-28(15)19)25-12-4-2-1-3-5-12;1-6-3(5)2-4/h8-13,24H,1-7H2,(H,25,27)(H2,22,23,26,29,30);2,4H2,1H3. The van der Waals surface area contributed by atoms with Gasteiger partial charge in [-0.3, -0.25) is 14.4 Å². The number of aromatic amines is 1. The van der Waals surface area contributed by atoms with E-state index in [4.69, 9.17) is 5.73 Å². The lowest BCUT2D eigenvalue weighted by atomic mass is 9.95. The van der Waals surface area contributed by atoms with Crippen molar-refractivity contribution in [3.8, 4) is 0 Å². The molecule has 3 aromatic heterocycles. The first-order chi connectivity index (χ1) is 17.5. The summed E-state index contributed by atoms with van der Waals surface area (Å²) < 4.78 is 5.69. The predicted octanol–water partition coefficient (Wildman–Crippen LogP) is 1.50. The monoisotopic (exact) mass is 497 g/mol. The normalized spacial score (nSPS) is 15.5. The van der Waals surface area contributed by atoms with E-state index >= 15 is 0 Å². The highest BCUT2D eigenvalue weighted by atomic mass is 16.5. The molecule has 1 amide bonds. The van der Waals surface area contributed by atoms with Gasteiger partial charge in [0.2, 0.25) is 0 Å². The SMILES string of the molecule is COC(=O)CN.O=C(Nc1cc(=O)[nH]cn1)c1cnc2c(NC3CC3)cc(NC3CCCCC3)nn12. The van der Waals surface area contributed by atoms with E-state index < -0.39 is 5.91 Å². The second-order valence-electron chi connectivity index (χ2n) is 8.75. The number of rotatable bonds is 7. The highest BCUT2D eigenvalue weighted by Crippen LogP contribution is 2.29. The minimum absolute atomic E-state index is 0.0312. The molecule has 0 aliphatic heterocycles. The number of nitrogens with zero attached hydrogens (tertiary/aromatic N) is 4. The number of aromatic nitrogens is 5. The number of fused-ring (bicyclic) bond motifs is 1. The number of carbonyl (C=O) groups excluding carboxylic acids is 2. The van der Waals surface area contributed by atoms with Gasteiger partial charge < -0.3 is 31.4 Å². The second-order valence-corrected chi connectivity index (χ2v) is 8.75. The van der Waals surface area contributed by atoms with Crippen LogP contribution in [0.25, 0.3) is 5.65 Å². The van der Waals surface area contributed by atoms with Gasteiger partial charge in [0, 0.05) is 24.2 Å². The largest absolute Gasteiger partial charge is 0.468 e. The molecule has 13 nitrogen and oxygen atoms in total.